The van der Waals surface area contributed by atoms with E-state index < -0.39 is 16.1 Å². The van der Waals surface area contributed by atoms with Crippen molar-refractivity contribution in [3.8, 4) is 16.9 Å². The molecule has 0 bridgehead atoms. The standard InChI is InChI=1S/C26H27N3O4S/c1-17-24-14-19(10-11-22(24)15-27-17)18-6-4-8-21(12-18)26(30)29-25(16-28-34(3,31)32)20-7-5-9-23(13-20)33-2/h4-14,25,28H,15-16H2,1-3H3,(H,29,30). The first-order valence-electron chi connectivity index (χ1n) is 10.9. The Bertz CT molecular complexity index is 1370. The van der Waals surface area contributed by atoms with Crippen LogP contribution in [0.4, 0.5) is 0 Å². The van der Waals surface area contributed by atoms with Crippen molar-refractivity contribution in [2.45, 2.75) is 19.5 Å². The number of ether oxygens (including phenoxy) is 1. The van der Waals surface area contributed by atoms with Gasteiger partial charge in [0.2, 0.25) is 10.0 Å². The third-order valence-electron chi connectivity index (χ3n) is 5.80. The molecule has 176 valence electrons. The van der Waals surface area contributed by atoms with Gasteiger partial charge in [0, 0.05) is 23.4 Å². The van der Waals surface area contributed by atoms with Crippen LogP contribution in [-0.4, -0.2) is 39.9 Å². The molecule has 2 N–H and O–H groups in total. The van der Waals surface area contributed by atoms with Crippen LogP contribution in [0.25, 0.3) is 11.1 Å². The van der Waals surface area contributed by atoms with E-state index >= 15 is 0 Å². The van der Waals surface area contributed by atoms with Crippen LogP contribution in [0.5, 0.6) is 5.75 Å². The number of carbonyl (C=O) groups excluding carboxylic acids is 1. The number of aliphatic imine (C=N–C) groups is 1. The molecule has 0 radical (unpaired) electrons. The van der Waals surface area contributed by atoms with E-state index in [0.717, 1.165) is 34.2 Å². The summed E-state index contributed by atoms with van der Waals surface area (Å²) in [5.74, 6) is 0.317. The summed E-state index contributed by atoms with van der Waals surface area (Å²) >= 11 is 0. The SMILES string of the molecule is COc1cccc(C(CNS(C)(=O)=O)NC(=O)c2cccc(-c3ccc4c(c3)C(C)=NC4)c2)c1. The van der Waals surface area contributed by atoms with Crippen molar-refractivity contribution in [1.82, 2.24) is 10.0 Å². The number of benzene rings is 3. The molecule has 0 saturated carbocycles. The number of hydrogen-bond acceptors (Lipinski definition) is 5. The molecule has 1 amide bonds. The summed E-state index contributed by atoms with van der Waals surface area (Å²) in [5.41, 5.74) is 6.50. The van der Waals surface area contributed by atoms with E-state index in [1.54, 1.807) is 31.4 Å². The molecule has 0 aliphatic carbocycles. The summed E-state index contributed by atoms with van der Waals surface area (Å²) < 4.78 is 31.2. The highest BCUT2D eigenvalue weighted by atomic mass is 32.2. The molecule has 3 aromatic carbocycles. The molecular formula is C26H27N3O4S. The van der Waals surface area contributed by atoms with Gasteiger partial charge in [-0.3, -0.25) is 9.79 Å². The van der Waals surface area contributed by atoms with Gasteiger partial charge in [0.05, 0.1) is 26.0 Å². The Balaban J connectivity index is 1.59. The van der Waals surface area contributed by atoms with Crippen LogP contribution in [-0.2, 0) is 16.6 Å². The lowest BCUT2D eigenvalue weighted by molar-refractivity contribution is 0.0937. The number of nitrogens with one attached hydrogen (secondary N) is 2. The number of rotatable bonds is 8. The van der Waals surface area contributed by atoms with E-state index in [-0.39, 0.29) is 12.5 Å². The minimum Gasteiger partial charge on any atom is -0.497 e. The Morgan fingerprint density at radius 2 is 1.82 bits per heavy atom. The molecule has 1 unspecified atom stereocenters. The largest absolute Gasteiger partial charge is 0.497 e. The lowest BCUT2D eigenvalue weighted by Gasteiger charge is -2.20. The third-order valence-corrected chi connectivity index (χ3v) is 6.49. The van der Waals surface area contributed by atoms with E-state index in [2.05, 4.69) is 27.2 Å². The maximum atomic E-state index is 13.2. The Morgan fingerprint density at radius 3 is 2.59 bits per heavy atom. The summed E-state index contributed by atoms with van der Waals surface area (Å²) in [4.78, 5) is 17.7. The van der Waals surface area contributed by atoms with Crippen LogP contribution in [0.1, 0.15) is 40.0 Å². The van der Waals surface area contributed by atoms with Crippen molar-refractivity contribution in [3.05, 3.63) is 89.0 Å². The molecule has 4 rings (SSSR count). The van der Waals surface area contributed by atoms with E-state index in [1.165, 1.54) is 5.56 Å². The molecule has 1 heterocycles. The van der Waals surface area contributed by atoms with Crippen molar-refractivity contribution < 1.29 is 17.9 Å². The van der Waals surface area contributed by atoms with Crippen LogP contribution in [0.15, 0.2) is 71.7 Å². The molecule has 0 fully saturated rings. The smallest absolute Gasteiger partial charge is 0.251 e. The van der Waals surface area contributed by atoms with Crippen molar-refractivity contribution in [1.29, 1.82) is 0 Å². The third kappa shape index (κ3) is 5.52. The monoisotopic (exact) mass is 477 g/mol. The molecule has 1 aliphatic heterocycles. The number of hydrogen-bond donors (Lipinski definition) is 2. The molecule has 8 heteroatoms. The molecule has 1 aliphatic rings. The Morgan fingerprint density at radius 1 is 1.06 bits per heavy atom. The summed E-state index contributed by atoms with van der Waals surface area (Å²) in [7, 11) is -1.88. The van der Waals surface area contributed by atoms with Crippen molar-refractivity contribution in [3.63, 3.8) is 0 Å². The minimum atomic E-state index is -3.44. The summed E-state index contributed by atoms with van der Waals surface area (Å²) in [6.07, 6.45) is 1.09. The zero-order chi connectivity index (χ0) is 24.3. The van der Waals surface area contributed by atoms with Gasteiger partial charge in [-0.1, -0.05) is 36.4 Å². The molecule has 0 spiro atoms. The number of nitrogens with zero attached hydrogens (tertiary/aromatic N) is 1. The van der Waals surface area contributed by atoms with E-state index in [9.17, 15) is 13.2 Å². The van der Waals surface area contributed by atoms with E-state index in [4.69, 9.17) is 4.74 Å². The maximum Gasteiger partial charge on any atom is 0.251 e. The van der Waals surface area contributed by atoms with Crippen LogP contribution >= 0.6 is 0 Å². The normalized spacial score (nSPS) is 13.7. The van der Waals surface area contributed by atoms with Crippen LogP contribution in [0.3, 0.4) is 0 Å². The zero-order valence-corrected chi connectivity index (χ0v) is 20.1. The van der Waals surface area contributed by atoms with Crippen LogP contribution < -0.4 is 14.8 Å². The number of carbonyl (C=O) groups is 1. The second-order valence-corrected chi connectivity index (χ2v) is 10.1. The Labute approximate surface area is 199 Å². The van der Waals surface area contributed by atoms with E-state index in [0.29, 0.717) is 17.9 Å². The highest BCUT2D eigenvalue weighted by Crippen LogP contribution is 2.27. The highest BCUT2D eigenvalue weighted by molar-refractivity contribution is 7.88. The molecule has 0 saturated heterocycles. The number of sulfonamides is 1. The first-order chi connectivity index (χ1) is 16.2. The molecule has 3 aromatic rings. The van der Waals surface area contributed by atoms with Gasteiger partial charge < -0.3 is 10.1 Å². The quantitative estimate of drug-likeness (QED) is 0.517. The lowest BCUT2D eigenvalue weighted by Crippen LogP contribution is -2.37. The first kappa shape index (κ1) is 23.7. The van der Waals surface area contributed by atoms with Gasteiger partial charge >= 0.3 is 0 Å². The first-order valence-corrected chi connectivity index (χ1v) is 12.8. The molecule has 0 aromatic heterocycles. The van der Waals surface area contributed by atoms with Gasteiger partial charge in [-0.25, -0.2) is 13.1 Å². The predicted octanol–water partition coefficient (Wildman–Crippen LogP) is 3.71. The van der Waals surface area contributed by atoms with Gasteiger partial charge in [0.25, 0.3) is 5.91 Å². The highest BCUT2D eigenvalue weighted by Gasteiger charge is 2.19. The van der Waals surface area contributed by atoms with Gasteiger partial charge in [-0.2, -0.15) is 0 Å². The second kappa shape index (κ2) is 9.79. The molecule has 1 atom stereocenters. The number of fused-ring (bicyclic) bond motifs is 1. The zero-order valence-electron chi connectivity index (χ0n) is 19.3. The number of amides is 1. The fourth-order valence-electron chi connectivity index (χ4n) is 3.95. The molecule has 7 nitrogen and oxygen atoms in total. The predicted molar refractivity (Wildman–Crippen MR) is 134 cm³/mol. The van der Waals surface area contributed by atoms with Crippen LogP contribution in [0, 0.1) is 0 Å². The fourth-order valence-corrected chi connectivity index (χ4v) is 4.42. The average molecular weight is 478 g/mol. The topological polar surface area (TPSA) is 96.9 Å². The maximum absolute atomic E-state index is 13.2. The Kier molecular flexibility index (Phi) is 6.81. The number of methoxy groups -OCH3 is 1. The average Bonchev–Trinajstić information content (AvgIpc) is 3.21. The van der Waals surface area contributed by atoms with Gasteiger partial charge in [-0.15, -0.1) is 0 Å². The van der Waals surface area contributed by atoms with E-state index in [1.807, 2.05) is 37.3 Å². The Hall–Kier alpha value is -3.49. The second-order valence-electron chi connectivity index (χ2n) is 8.28. The summed E-state index contributed by atoms with van der Waals surface area (Å²) in [5, 5.41) is 2.96. The minimum absolute atomic E-state index is 0.0147. The van der Waals surface area contributed by atoms with Crippen molar-refractivity contribution >= 4 is 21.6 Å². The van der Waals surface area contributed by atoms with Gasteiger partial charge in [0.15, 0.2) is 0 Å². The van der Waals surface area contributed by atoms with Gasteiger partial charge in [-0.05, 0) is 59.5 Å². The summed E-state index contributed by atoms with van der Waals surface area (Å²) in [6, 6.07) is 20.2. The summed E-state index contributed by atoms with van der Waals surface area (Å²) in [6.45, 7) is 2.72. The van der Waals surface area contributed by atoms with Crippen molar-refractivity contribution in [2.24, 2.45) is 4.99 Å². The molecular weight excluding hydrogens is 450 g/mol. The fraction of sp³-hybridized carbons (Fsp3) is 0.231. The van der Waals surface area contributed by atoms with Crippen molar-refractivity contribution in [2.75, 3.05) is 19.9 Å². The van der Waals surface area contributed by atoms with Gasteiger partial charge in [0.1, 0.15) is 5.75 Å². The van der Waals surface area contributed by atoms with Crippen LogP contribution in [0.2, 0.25) is 0 Å². The lowest BCUT2D eigenvalue weighted by atomic mass is 9.97. The molecule has 34 heavy (non-hydrogen) atoms.